The average Bonchev–Trinajstić information content (AvgIpc) is 2.99. The van der Waals surface area contributed by atoms with Crippen LogP contribution in [0.25, 0.3) is 0 Å². The number of morpholine rings is 1. The van der Waals surface area contributed by atoms with Gasteiger partial charge in [-0.15, -0.1) is 0 Å². The Balaban J connectivity index is 1.44. The Morgan fingerprint density at radius 2 is 2.20 bits per heavy atom. The third kappa shape index (κ3) is 5.29. The lowest BCUT2D eigenvalue weighted by Gasteiger charge is -2.34. The predicted octanol–water partition coefficient (Wildman–Crippen LogP) is 1.64. The van der Waals surface area contributed by atoms with Gasteiger partial charge in [0.15, 0.2) is 0 Å². The van der Waals surface area contributed by atoms with E-state index in [2.05, 4.69) is 10.00 Å². The molecule has 2 atom stereocenters. The number of nitrogens with zero attached hydrogens (tertiary/aromatic N) is 3. The molecule has 1 aliphatic heterocycles. The van der Waals surface area contributed by atoms with E-state index >= 15 is 0 Å². The van der Waals surface area contributed by atoms with Crippen molar-refractivity contribution in [2.75, 3.05) is 32.8 Å². The number of aliphatic hydroxyl groups excluding tert-OH is 1. The fourth-order valence-electron chi connectivity index (χ4n) is 3.09. The third-order valence-corrected chi connectivity index (χ3v) is 4.37. The van der Waals surface area contributed by atoms with E-state index in [4.69, 9.17) is 9.47 Å². The smallest absolute Gasteiger partial charge is 0.122 e. The number of β-amino-alcohol motifs (C(OH)–C–C–N with tert-alkyl or cyclic N) is 1. The van der Waals surface area contributed by atoms with E-state index in [-0.39, 0.29) is 6.10 Å². The van der Waals surface area contributed by atoms with E-state index in [1.165, 1.54) is 0 Å². The molecule has 136 valence electrons. The van der Waals surface area contributed by atoms with Crippen molar-refractivity contribution in [1.82, 2.24) is 14.7 Å². The molecule has 1 aliphatic rings. The highest BCUT2D eigenvalue weighted by Gasteiger charge is 2.23. The minimum atomic E-state index is -0.523. The molecule has 1 N–H and O–H groups in total. The quantitative estimate of drug-likeness (QED) is 0.827. The molecule has 6 heteroatoms. The maximum Gasteiger partial charge on any atom is 0.122 e. The molecule has 2 aromatic rings. The molecule has 6 nitrogen and oxygen atoms in total. The predicted molar refractivity (Wildman–Crippen MR) is 95.8 cm³/mol. The third-order valence-electron chi connectivity index (χ3n) is 4.37. The molecule has 2 heterocycles. The van der Waals surface area contributed by atoms with Crippen LogP contribution >= 0.6 is 0 Å². The van der Waals surface area contributed by atoms with E-state index in [0.717, 1.165) is 36.5 Å². The van der Waals surface area contributed by atoms with Crippen LogP contribution in [0.4, 0.5) is 0 Å². The summed E-state index contributed by atoms with van der Waals surface area (Å²) in [7, 11) is 0. The highest BCUT2D eigenvalue weighted by Crippen LogP contribution is 2.16. The summed E-state index contributed by atoms with van der Waals surface area (Å²) in [5.41, 5.74) is 2.23. The molecule has 0 saturated carbocycles. The van der Waals surface area contributed by atoms with E-state index in [1.807, 2.05) is 55.2 Å². The van der Waals surface area contributed by atoms with E-state index in [1.54, 1.807) is 0 Å². The van der Waals surface area contributed by atoms with Crippen LogP contribution in [0.15, 0.2) is 36.7 Å². The molecule has 25 heavy (non-hydrogen) atoms. The zero-order valence-corrected chi connectivity index (χ0v) is 15.0. The Bertz CT molecular complexity index is 673. The van der Waals surface area contributed by atoms with Crippen molar-refractivity contribution in [2.24, 2.45) is 0 Å². The van der Waals surface area contributed by atoms with Crippen LogP contribution in [0.1, 0.15) is 11.1 Å². The average molecular weight is 345 g/mol. The zero-order chi connectivity index (χ0) is 17.6. The van der Waals surface area contributed by atoms with Crippen molar-refractivity contribution in [1.29, 1.82) is 0 Å². The number of para-hydroxylation sites is 1. The molecule has 0 amide bonds. The molecule has 1 saturated heterocycles. The van der Waals surface area contributed by atoms with Crippen LogP contribution < -0.4 is 4.74 Å². The number of aryl methyl sites for hydroxylation is 2. The van der Waals surface area contributed by atoms with Crippen molar-refractivity contribution < 1.29 is 14.6 Å². The summed E-state index contributed by atoms with van der Waals surface area (Å²) >= 11 is 0. The lowest BCUT2D eigenvalue weighted by molar-refractivity contribution is -0.0517. The SMILES string of the molecule is Cc1cnn(C[C@H]2CN(C[C@@H](O)COc3ccccc3C)CCO2)c1. The van der Waals surface area contributed by atoms with Gasteiger partial charge in [0.2, 0.25) is 0 Å². The van der Waals surface area contributed by atoms with Crippen LogP contribution in [-0.2, 0) is 11.3 Å². The zero-order valence-electron chi connectivity index (χ0n) is 15.0. The normalized spacial score (nSPS) is 19.7. The second-order valence-electron chi connectivity index (χ2n) is 6.72. The molecule has 0 spiro atoms. The van der Waals surface area contributed by atoms with Crippen LogP contribution in [-0.4, -0.2) is 64.8 Å². The number of hydrogen-bond acceptors (Lipinski definition) is 5. The highest BCUT2D eigenvalue weighted by atomic mass is 16.5. The minimum absolute atomic E-state index is 0.0949. The summed E-state index contributed by atoms with van der Waals surface area (Å²) in [5.74, 6) is 0.829. The number of hydrogen-bond donors (Lipinski definition) is 1. The van der Waals surface area contributed by atoms with Crippen LogP contribution in [0, 0.1) is 13.8 Å². The van der Waals surface area contributed by atoms with Gasteiger partial charge in [-0.05, 0) is 31.0 Å². The fourth-order valence-corrected chi connectivity index (χ4v) is 3.09. The van der Waals surface area contributed by atoms with Crippen LogP contribution in [0.3, 0.4) is 0 Å². The number of aliphatic hydroxyl groups is 1. The van der Waals surface area contributed by atoms with Crippen molar-refractivity contribution in [3.8, 4) is 5.75 Å². The number of benzene rings is 1. The van der Waals surface area contributed by atoms with E-state index in [9.17, 15) is 5.11 Å². The Morgan fingerprint density at radius 1 is 1.36 bits per heavy atom. The van der Waals surface area contributed by atoms with Gasteiger partial charge in [0.1, 0.15) is 18.5 Å². The second kappa shape index (κ2) is 8.47. The lowest BCUT2D eigenvalue weighted by atomic mass is 10.2. The molecular formula is C19H27N3O3. The number of ether oxygens (including phenoxy) is 2. The molecule has 3 rings (SSSR count). The van der Waals surface area contributed by atoms with Gasteiger partial charge in [-0.3, -0.25) is 9.58 Å². The first-order valence-electron chi connectivity index (χ1n) is 8.79. The number of aromatic nitrogens is 2. The van der Waals surface area contributed by atoms with Gasteiger partial charge in [-0.25, -0.2) is 0 Å². The first-order chi connectivity index (χ1) is 12.1. The van der Waals surface area contributed by atoms with Gasteiger partial charge in [0, 0.05) is 25.8 Å². The summed E-state index contributed by atoms with van der Waals surface area (Å²) in [4.78, 5) is 2.23. The molecule has 0 aliphatic carbocycles. The maximum atomic E-state index is 10.3. The fraction of sp³-hybridized carbons (Fsp3) is 0.526. The second-order valence-corrected chi connectivity index (χ2v) is 6.72. The maximum absolute atomic E-state index is 10.3. The lowest BCUT2D eigenvalue weighted by Crippen LogP contribution is -2.47. The van der Waals surface area contributed by atoms with Crippen molar-refractivity contribution in [2.45, 2.75) is 32.6 Å². The Labute approximate surface area is 149 Å². The Kier molecular flexibility index (Phi) is 6.07. The van der Waals surface area contributed by atoms with E-state index in [0.29, 0.717) is 19.8 Å². The minimum Gasteiger partial charge on any atom is -0.491 e. The van der Waals surface area contributed by atoms with Gasteiger partial charge >= 0.3 is 0 Å². The molecule has 1 aromatic carbocycles. The standard InChI is InChI=1S/C19H27N3O3/c1-15-9-20-22(10-15)13-18-12-21(7-8-24-18)11-17(23)14-25-19-6-4-3-5-16(19)2/h3-6,9-10,17-18,23H,7-8,11-14H2,1-2H3/t17-,18-/m1/s1. The van der Waals surface area contributed by atoms with Gasteiger partial charge < -0.3 is 14.6 Å². The summed E-state index contributed by atoms with van der Waals surface area (Å²) in [5, 5.41) is 14.6. The highest BCUT2D eigenvalue weighted by molar-refractivity contribution is 5.31. The van der Waals surface area contributed by atoms with Gasteiger partial charge in [0.25, 0.3) is 0 Å². The topological polar surface area (TPSA) is 59.8 Å². The summed E-state index contributed by atoms with van der Waals surface area (Å²) in [6, 6.07) is 7.86. The van der Waals surface area contributed by atoms with Gasteiger partial charge in [-0.2, -0.15) is 5.10 Å². The molecule has 1 aromatic heterocycles. The van der Waals surface area contributed by atoms with Crippen molar-refractivity contribution in [3.05, 3.63) is 47.8 Å². The van der Waals surface area contributed by atoms with Crippen molar-refractivity contribution in [3.63, 3.8) is 0 Å². The monoisotopic (exact) mass is 345 g/mol. The first-order valence-corrected chi connectivity index (χ1v) is 8.79. The van der Waals surface area contributed by atoms with E-state index < -0.39 is 6.10 Å². The first kappa shape index (κ1) is 17.9. The summed E-state index contributed by atoms with van der Waals surface area (Å²) in [6.07, 6.45) is 3.45. The molecular weight excluding hydrogens is 318 g/mol. The summed E-state index contributed by atoms with van der Waals surface area (Å²) in [6.45, 7) is 7.95. The largest absolute Gasteiger partial charge is 0.491 e. The summed E-state index contributed by atoms with van der Waals surface area (Å²) < 4.78 is 13.5. The Hall–Kier alpha value is -1.89. The van der Waals surface area contributed by atoms with Gasteiger partial charge in [0.05, 0.1) is 25.5 Å². The molecule has 0 unspecified atom stereocenters. The van der Waals surface area contributed by atoms with Crippen LogP contribution in [0.2, 0.25) is 0 Å². The molecule has 0 bridgehead atoms. The number of rotatable bonds is 7. The Morgan fingerprint density at radius 3 is 2.96 bits per heavy atom. The van der Waals surface area contributed by atoms with Gasteiger partial charge in [-0.1, -0.05) is 18.2 Å². The van der Waals surface area contributed by atoms with Crippen molar-refractivity contribution >= 4 is 0 Å². The molecule has 0 radical (unpaired) electrons. The van der Waals surface area contributed by atoms with Crippen LogP contribution in [0.5, 0.6) is 5.75 Å². The molecule has 1 fully saturated rings.